The van der Waals surface area contributed by atoms with E-state index in [1.54, 1.807) is 0 Å². The third kappa shape index (κ3) is 43.0. The van der Waals surface area contributed by atoms with E-state index in [4.69, 9.17) is 22.3 Å². The zero-order valence-electron chi connectivity index (χ0n) is 19.6. The second-order valence-corrected chi connectivity index (χ2v) is 7.81. The number of unbranched alkanes of at least 4 members (excludes halogenated alkanes) is 12. The Balaban J connectivity index is -0.000000429. The second kappa shape index (κ2) is 28.0. The number of carbonyl (C=O) groups excluding carboxylic acids is 2. The summed E-state index contributed by atoms with van der Waals surface area (Å²) in [7, 11) is -5.17. The molecule has 0 N–H and O–H groups in total. The van der Waals surface area contributed by atoms with Crippen molar-refractivity contribution in [3.05, 3.63) is 0 Å². The van der Waals surface area contributed by atoms with Crippen LogP contribution >= 0.6 is 0 Å². The van der Waals surface area contributed by atoms with Crippen molar-refractivity contribution in [1.29, 1.82) is 0 Å². The van der Waals surface area contributed by atoms with Gasteiger partial charge in [-0.3, -0.25) is 18.0 Å². The molecule has 10 heteroatoms. The molecule has 0 bridgehead atoms. The van der Waals surface area contributed by atoms with E-state index < -0.39 is 10.4 Å². The number of hydrogen-bond acceptors (Lipinski definition) is 7. The molecule has 0 aliphatic carbocycles. The van der Waals surface area contributed by atoms with Crippen molar-refractivity contribution in [2.45, 2.75) is 117 Å². The molecule has 30 heavy (non-hydrogen) atoms. The molecule has 7 nitrogen and oxygen atoms in total. The molecule has 0 aromatic heterocycles. The first-order chi connectivity index (χ1) is 13.2. The maximum atomic E-state index is 11.6. The van der Waals surface area contributed by atoms with E-state index in [0.717, 1.165) is 25.7 Å². The summed E-state index contributed by atoms with van der Waals surface area (Å²) in [6.07, 6.45) is 17.1. The Morgan fingerprint density at radius 3 is 1.10 bits per heavy atom. The molecular formula is C20H38Na2O7S. The van der Waals surface area contributed by atoms with Gasteiger partial charge in [0.25, 0.3) is 0 Å². The van der Waals surface area contributed by atoms with Crippen molar-refractivity contribution in [2.24, 2.45) is 0 Å². The molecule has 0 aliphatic heterocycles. The molecule has 0 aliphatic rings. The van der Waals surface area contributed by atoms with Gasteiger partial charge in [-0.2, -0.15) is 0 Å². The van der Waals surface area contributed by atoms with Crippen molar-refractivity contribution in [3.8, 4) is 0 Å². The Kier molecular flexibility index (Phi) is 35.8. The zero-order chi connectivity index (χ0) is 21.7. The molecule has 0 unspecified atom stereocenters. The Hall–Kier alpha value is 1.01. The summed E-state index contributed by atoms with van der Waals surface area (Å²) in [5, 5.41) is 0. The molecule has 0 rings (SSSR count). The molecule has 0 fully saturated rings. The van der Waals surface area contributed by atoms with E-state index >= 15 is 0 Å². The Morgan fingerprint density at radius 1 is 0.600 bits per heavy atom. The van der Waals surface area contributed by atoms with Gasteiger partial charge in [0.2, 0.25) is 0 Å². The molecule has 0 radical (unpaired) electrons. The van der Waals surface area contributed by atoms with Gasteiger partial charge in [0.15, 0.2) is 0 Å². The first-order valence-corrected chi connectivity index (χ1v) is 11.9. The van der Waals surface area contributed by atoms with Crippen LogP contribution in [-0.2, 0) is 24.7 Å². The van der Waals surface area contributed by atoms with Crippen LogP contribution in [0.3, 0.4) is 0 Å². The Morgan fingerprint density at radius 2 is 0.833 bits per heavy atom. The molecule has 0 amide bonds. The summed E-state index contributed by atoms with van der Waals surface area (Å²) in [6.45, 7) is 4.42. The molecule has 0 aromatic carbocycles. The van der Waals surface area contributed by atoms with Crippen molar-refractivity contribution in [2.75, 3.05) is 0 Å². The smallest absolute Gasteiger partial charge is 0.759 e. The Bertz CT molecular complexity index is 450. The SMILES string of the molecule is CCCCCCCCCC(=O)OC(=O)CCCCCCCCC.O=S(=O)([O-])[O-].[Na+].[Na+]. The van der Waals surface area contributed by atoms with Crippen molar-refractivity contribution in [3.63, 3.8) is 0 Å². The number of esters is 2. The topological polar surface area (TPSA) is 124 Å². The van der Waals surface area contributed by atoms with Crippen molar-refractivity contribution >= 4 is 22.3 Å². The van der Waals surface area contributed by atoms with Crippen LogP contribution in [0.4, 0.5) is 0 Å². The Labute approximate surface area is 228 Å². The first kappa shape index (κ1) is 38.3. The van der Waals surface area contributed by atoms with E-state index in [1.165, 1.54) is 64.2 Å². The van der Waals surface area contributed by atoms with E-state index in [1.807, 2.05) is 0 Å². The van der Waals surface area contributed by atoms with Gasteiger partial charge in [0.05, 0.1) is 0 Å². The third-order valence-corrected chi connectivity index (χ3v) is 4.20. The minimum Gasteiger partial charge on any atom is -0.759 e. The molecule has 0 heterocycles. The maximum absolute atomic E-state index is 11.6. The molecule has 0 aromatic rings. The fourth-order valence-electron chi connectivity index (χ4n) is 2.68. The summed E-state index contributed by atoms with van der Waals surface area (Å²) in [5.41, 5.74) is 0. The molecule has 0 atom stereocenters. The molecular weight excluding hydrogens is 430 g/mol. The van der Waals surface area contributed by atoms with Crippen LogP contribution < -0.4 is 59.1 Å². The van der Waals surface area contributed by atoms with Gasteiger partial charge >= 0.3 is 71.1 Å². The van der Waals surface area contributed by atoms with Gasteiger partial charge in [-0.1, -0.05) is 90.9 Å². The summed E-state index contributed by atoms with van der Waals surface area (Å²) in [5.74, 6) is -0.682. The number of hydrogen-bond donors (Lipinski definition) is 0. The van der Waals surface area contributed by atoms with Gasteiger partial charge < -0.3 is 13.8 Å². The predicted molar refractivity (Wildman–Crippen MR) is 107 cm³/mol. The average molecular weight is 469 g/mol. The number of carbonyl (C=O) groups is 2. The van der Waals surface area contributed by atoms with E-state index in [-0.39, 0.29) is 71.1 Å². The summed E-state index contributed by atoms with van der Waals surface area (Å²) < 4.78 is 38.9. The molecule has 0 saturated carbocycles. The molecule has 0 spiro atoms. The van der Waals surface area contributed by atoms with E-state index in [2.05, 4.69) is 13.8 Å². The fraction of sp³-hybridized carbons (Fsp3) is 0.900. The zero-order valence-corrected chi connectivity index (χ0v) is 24.4. The summed E-state index contributed by atoms with van der Waals surface area (Å²) >= 11 is 0. The average Bonchev–Trinajstić information content (AvgIpc) is 2.58. The molecule has 168 valence electrons. The van der Waals surface area contributed by atoms with Crippen LogP contribution in [0.25, 0.3) is 0 Å². The van der Waals surface area contributed by atoms with Gasteiger partial charge in [0.1, 0.15) is 0 Å². The first-order valence-electron chi connectivity index (χ1n) is 10.6. The van der Waals surface area contributed by atoms with E-state index in [9.17, 15) is 9.59 Å². The van der Waals surface area contributed by atoms with Gasteiger partial charge in [0, 0.05) is 23.2 Å². The normalized spacial score (nSPS) is 10.1. The van der Waals surface area contributed by atoms with Gasteiger partial charge in [-0.05, 0) is 12.8 Å². The van der Waals surface area contributed by atoms with Gasteiger partial charge in [-0.15, -0.1) is 0 Å². The largest absolute Gasteiger partial charge is 1.00 e. The van der Waals surface area contributed by atoms with Crippen LogP contribution in [0.15, 0.2) is 0 Å². The van der Waals surface area contributed by atoms with Gasteiger partial charge in [-0.25, -0.2) is 0 Å². The number of ether oxygens (including phenoxy) is 1. The van der Waals surface area contributed by atoms with E-state index in [0.29, 0.717) is 12.8 Å². The van der Waals surface area contributed by atoms with Crippen LogP contribution in [0.2, 0.25) is 0 Å². The minimum atomic E-state index is -5.17. The van der Waals surface area contributed by atoms with Crippen LogP contribution in [-0.4, -0.2) is 29.5 Å². The van der Waals surface area contributed by atoms with Crippen molar-refractivity contribution in [1.82, 2.24) is 0 Å². The van der Waals surface area contributed by atoms with Crippen LogP contribution in [0.1, 0.15) is 117 Å². The maximum Gasteiger partial charge on any atom is 1.00 e. The third-order valence-electron chi connectivity index (χ3n) is 4.20. The van der Waals surface area contributed by atoms with Crippen LogP contribution in [0.5, 0.6) is 0 Å². The fourth-order valence-corrected chi connectivity index (χ4v) is 2.68. The standard InChI is InChI=1S/C20H38O3.2Na.H2O4S/c1-3-5-7-9-11-13-15-17-19(21)23-20(22)18-16-14-12-10-8-6-4-2;;;1-5(2,3)4/h3-18H2,1-2H3;;;(H2,1,2,3,4)/q;2*+1;/p-2. The van der Waals surface area contributed by atoms with Crippen molar-refractivity contribution < 1.29 is 91.0 Å². The minimum absolute atomic E-state index is 0. The monoisotopic (exact) mass is 468 g/mol. The number of rotatable bonds is 16. The predicted octanol–water partition coefficient (Wildman–Crippen LogP) is -0.992. The van der Waals surface area contributed by atoms with Crippen LogP contribution in [0, 0.1) is 0 Å². The molecule has 0 saturated heterocycles. The quantitative estimate of drug-likeness (QED) is 0.0711. The summed E-state index contributed by atoms with van der Waals surface area (Å²) in [4.78, 5) is 23.1. The second-order valence-electron chi connectivity index (χ2n) is 7.00. The summed E-state index contributed by atoms with van der Waals surface area (Å²) in [6, 6.07) is 0.